The van der Waals surface area contributed by atoms with Gasteiger partial charge in [0.25, 0.3) is 0 Å². The van der Waals surface area contributed by atoms with Gasteiger partial charge in [0.05, 0.1) is 17.2 Å². The Hall–Kier alpha value is -1.96. The Bertz CT molecular complexity index is 703. The summed E-state index contributed by atoms with van der Waals surface area (Å²) in [7, 11) is 0. The highest BCUT2D eigenvalue weighted by Gasteiger charge is 2.20. The maximum atomic E-state index is 4.72. The standard InChI is InChI=1S/C16H25N7S/c1-4-17-16(18-8-7-14-11(2)21-12(3)24-14)22-13-5-6-15-19-10-20-23(15)9-13/h10,13H,4-9H2,1-3H3,(H2,17,18,22). The number of thiazole rings is 1. The quantitative estimate of drug-likeness (QED) is 0.632. The van der Waals surface area contributed by atoms with Crippen LogP contribution in [-0.2, 0) is 19.4 Å². The number of fused-ring (bicyclic) bond motifs is 1. The molecule has 0 radical (unpaired) electrons. The monoisotopic (exact) mass is 347 g/mol. The predicted molar refractivity (Wildman–Crippen MR) is 96.5 cm³/mol. The number of hydrogen-bond donors (Lipinski definition) is 2. The molecular formula is C16H25N7S. The summed E-state index contributed by atoms with van der Waals surface area (Å²) < 4.78 is 1.98. The average molecular weight is 347 g/mol. The van der Waals surface area contributed by atoms with E-state index >= 15 is 0 Å². The molecule has 0 aromatic carbocycles. The third kappa shape index (κ3) is 4.11. The largest absolute Gasteiger partial charge is 0.357 e. The lowest BCUT2D eigenvalue weighted by Crippen LogP contribution is -2.47. The third-order valence-electron chi connectivity index (χ3n) is 4.10. The summed E-state index contributed by atoms with van der Waals surface area (Å²) in [4.78, 5) is 14.8. The van der Waals surface area contributed by atoms with Crippen LogP contribution in [0.3, 0.4) is 0 Å². The molecule has 0 saturated carbocycles. The van der Waals surface area contributed by atoms with Crippen molar-refractivity contribution >= 4 is 17.3 Å². The molecule has 2 aromatic heterocycles. The summed E-state index contributed by atoms with van der Waals surface area (Å²) in [6, 6.07) is 0.337. The molecule has 130 valence electrons. The number of aromatic nitrogens is 4. The van der Waals surface area contributed by atoms with Crippen molar-refractivity contribution < 1.29 is 0 Å². The van der Waals surface area contributed by atoms with Gasteiger partial charge in [-0.05, 0) is 27.2 Å². The van der Waals surface area contributed by atoms with Crippen molar-refractivity contribution in [3.8, 4) is 0 Å². The van der Waals surface area contributed by atoms with Gasteiger partial charge in [0.15, 0.2) is 5.96 Å². The van der Waals surface area contributed by atoms with Crippen LogP contribution >= 0.6 is 11.3 Å². The number of aryl methyl sites for hydroxylation is 3. The summed E-state index contributed by atoms with van der Waals surface area (Å²) >= 11 is 1.77. The first kappa shape index (κ1) is 16.9. The summed E-state index contributed by atoms with van der Waals surface area (Å²) in [6.07, 6.45) is 4.58. The predicted octanol–water partition coefficient (Wildman–Crippen LogP) is 1.46. The summed E-state index contributed by atoms with van der Waals surface area (Å²) in [5.41, 5.74) is 1.14. The van der Waals surface area contributed by atoms with Gasteiger partial charge in [-0.3, -0.25) is 4.99 Å². The minimum absolute atomic E-state index is 0.337. The van der Waals surface area contributed by atoms with Crippen molar-refractivity contribution in [1.82, 2.24) is 30.4 Å². The number of nitrogens with zero attached hydrogens (tertiary/aromatic N) is 5. The molecule has 3 rings (SSSR count). The Morgan fingerprint density at radius 3 is 3.08 bits per heavy atom. The van der Waals surface area contributed by atoms with E-state index in [2.05, 4.69) is 46.5 Å². The molecule has 0 spiro atoms. The smallest absolute Gasteiger partial charge is 0.191 e. The fraction of sp³-hybridized carbons (Fsp3) is 0.625. The summed E-state index contributed by atoms with van der Waals surface area (Å²) in [6.45, 7) is 8.67. The van der Waals surface area contributed by atoms with E-state index in [9.17, 15) is 0 Å². The topological polar surface area (TPSA) is 80.0 Å². The van der Waals surface area contributed by atoms with Gasteiger partial charge in [-0.15, -0.1) is 11.3 Å². The molecule has 24 heavy (non-hydrogen) atoms. The Morgan fingerprint density at radius 1 is 1.46 bits per heavy atom. The first-order chi connectivity index (χ1) is 11.7. The van der Waals surface area contributed by atoms with Gasteiger partial charge in [-0.2, -0.15) is 5.10 Å². The van der Waals surface area contributed by atoms with Crippen LogP contribution in [-0.4, -0.2) is 44.8 Å². The molecule has 2 N–H and O–H groups in total. The molecule has 1 aliphatic rings. The zero-order chi connectivity index (χ0) is 16.9. The first-order valence-corrected chi connectivity index (χ1v) is 9.31. The molecule has 8 heteroatoms. The molecule has 3 heterocycles. The molecule has 1 atom stereocenters. The highest BCUT2D eigenvalue weighted by atomic mass is 32.1. The van der Waals surface area contributed by atoms with Crippen molar-refractivity contribution in [3.05, 3.63) is 27.7 Å². The lowest BCUT2D eigenvalue weighted by Gasteiger charge is -2.25. The van der Waals surface area contributed by atoms with Gasteiger partial charge in [0, 0.05) is 36.9 Å². The molecular weight excluding hydrogens is 322 g/mol. The third-order valence-corrected chi connectivity index (χ3v) is 5.23. The van der Waals surface area contributed by atoms with Gasteiger partial charge in [-0.25, -0.2) is 14.6 Å². The molecule has 2 aromatic rings. The van der Waals surface area contributed by atoms with E-state index in [-0.39, 0.29) is 0 Å². The van der Waals surface area contributed by atoms with Gasteiger partial charge in [0.1, 0.15) is 12.2 Å². The Labute approximate surface area is 146 Å². The second-order valence-electron chi connectivity index (χ2n) is 5.99. The Morgan fingerprint density at radius 2 is 2.33 bits per heavy atom. The zero-order valence-electron chi connectivity index (χ0n) is 14.5. The molecule has 0 saturated heterocycles. The van der Waals surface area contributed by atoms with Crippen molar-refractivity contribution in [2.75, 3.05) is 13.1 Å². The van der Waals surface area contributed by atoms with Crippen LogP contribution in [0.25, 0.3) is 0 Å². The van der Waals surface area contributed by atoms with Gasteiger partial charge < -0.3 is 10.6 Å². The zero-order valence-corrected chi connectivity index (χ0v) is 15.4. The van der Waals surface area contributed by atoms with E-state index in [1.54, 1.807) is 17.7 Å². The second-order valence-corrected chi connectivity index (χ2v) is 7.28. The van der Waals surface area contributed by atoms with E-state index in [4.69, 9.17) is 4.99 Å². The van der Waals surface area contributed by atoms with Crippen LogP contribution < -0.4 is 10.6 Å². The van der Waals surface area contributed by atoms with Crippen LogP contribution in [0.2, 0.25) is 0 Å². The Kier molecular flexibility index (Phi) is 5.44. The van der Waals surface area contributed by atoms with Gasteiger partial charge >= 0.3 is 0 Å². The fourth-order valence-corrected chi connectivity index (χ4v) is 3.87. The number of hydrogen-bond acceptors (Lipinski definition) is 5. The van der Waals surface area contributed by atoms with Crippen LogP contribution in [0.1, 0.15) is 34.7 Å². The van der Waals surface area contributed by atoms with Gasteiger partial charge in [0.2, 0.25) is 0 Å². The lowest BCUT2D eigenvalue weighted by atomic mass is 10.1. The molecule has 7 nitrogen and oxygen atoms in total. The lowest BCUT2D eigenvalue weighted by molar-refractivity contribution is 0.393. The van der Waals surface area contributed by atoms with Crippen molar-refractivity contribution in [1.29, 1.82) is 0 Å². The molecule has 0 amide bonds. The van der Waals surface area contributed by atoms with Crippen molar-refractivity contribution in [3.63, 3.8) is 0 Å². The molecule has 1 unspecified atom stereocenters. The van der Waals surface area contributed by atoms with Crippen molar-refractivity contribution in [2.45, 2.75) is 52.6 Å². The number of guanidine groups is 1. The minimum atomic E-state index is 0.337. The number of nitrogens with one attached hydrogen (secondary N) is 2. The second kappa shape index (κ2) is 7.74. The van der Waals surface area contributed by atoms with E-state index in [1.807, 2.05) is 4.68 Å². The van der Waals surface area contributed by atoms with E-state index in [0.717, 1.165) is 61.4 Å². The summed E-state index contributed by atoms with van der Waals surface area (Å²) in [5.74, 6) is 1.95. The van der Waals surface area contributed by atoms with E-state index in [1.165, 1.54) is 4.88 Å². The summed E-state index contributed by atoms with van der Waals surface area (Å²) in [5, 5.41) is 12.3. The number of aliphatic imine (C=N–C) groups is 1. The highest BCUT2D eigenvalue weighted by Crippen LogP contribution is 2.17. The van der Waals surface area contributed by atoms with Gasteiger partial charge in [-0.1, -0.05) is 0 Å². The van der Waals surface area contributed by atoms with Crippen LogP contribution in [0.15, 0.2) is 11.3 Å². The van der Waals surface area contributed by atoms with E-state index in [0.29, 0.717) is 6.04 Å². The van der Waals surface area contributed by atoms with Crippen molar-refractivity contribution in [2.24, 2.45) is 4.99 Å². The molecule has 1 aliphatic heterocycles. The average Bonchev–Trinajstić information content (AvgIpc) is 3.13. The number of rotatable bonds is 5. The van der Waals surface area contributed by atoms with Crippen LogP contribution in [0.5, 0.6) is 0 Å². The maximum Gasteiger partial charge on any atom is 0.191 e. The van der Waals surface area contributed by atoms with Crippen LogP contribution in [0, 0.1) is 13.8 Å². The highest BCUT2D eigenvalue weighted by molar-refractivity contribution is 7.11. The molecule has 0 bridgehead atoms. The molecule has 0 fully saturated rings. The maximum absolute atomic E-state index is 4.72. The van der Waals surface area contributed by atoms with Crippen LogP contribution in [0.4, 0.5) is 0 Å². The SMILES string of the molecule is CCNC(=NCCc1sc(C)nc1C)NC1CCc2ncnn2C1. The Balaban J connectivity index is 1.57. The van der Waals surface area contributed by atoms with E-state index < -0.39 is 0 Å². The fourth-order valence-electron chi connectivity index (χ4n) is 2.94. The first-order valence-electron chi connectivity index (χ1n) is 8.50. The normalized spacial score (nSPS) is 17.6. The molecule has 0 aliphatic carbocycles. The minimum Gasteiger partial charge on any atom is -0.357 e.